The molecular weight excluding hydrogens is 502 g/mol. The van der Waals surface area contributed by atoms with Crippen LogP contribution in [0.1, 0.15) is 55.4 Å². The van der Waals surface area contributed by atoms with Gasteiger partial charge >= 0.3 is 0 Å². The minimum atomic E-state index is -0.841. The van der Waals surface area contributed by atoms with Crippen LogP contribution >= 0.6 is 49.6 Å². The average Bonchev–Trinajstić information content (AvgIpc) is 2.51. The molecule has 0 spiro atoms. The lowest BCUT2D eigenvalue weighted by atomic mass is 10.1. The van der Waals surface area contributed by atoms with Crippen LogP contribution < -0.4 is 22.9 Å². The number of rotatable bonds is 8. The Hall–Kier alpha value is -1.76. The van der Waals surface area contributed by atoms with Gasteiger partial charge in [-0.05, 0) is 55.4 Å². The molecule has 0 unspecified atom stereocenters. The minimum Gasteiger partial charge on any atom is -0.386 e. The molecule has 0 rings (SSSR count). The van der Waals surface area contributed by atoms with Gasteiger partial charge in [-0.1, -0.05) is 0 Å². The molecule has 0 amide bonds. The first-order valence-electron chi connectivity index (χ1n) is 8.45. The molecule has 0 fully saturated rings. The Morgan fingerprint density at radius 2 is 0.500 bits per heavy atom. The average molecular weight is 542 g/mol. The fourth-order valence-electron chi connectivity index (χ4n) is 0.715. The van der Waals surface area contributed by atoms with Crippen molar-refractivity contribution in [1.29, 1.82) is 21.6 Å². The molecule has 12 nitrogen and oxygen atoms in total. The van der Waals surface area contributed by atoms with E-state index >= 15 is 0 Å². The Balaban J connectivity index is -0.0000000939. The van der Waals surface area contributed by atoms with Crippen molar-refractivity contribution in [2.24, 2.45) is 43.4 Å². The summed E-state index contributed by atoms with van der Waals surface area (Å²) in [5.74, 6) is -0.276. The van der Waals surface area contributed by atoms with Gasteiger partial charge in [0.1, 0.15) is 45.5 Å². The van der Waals surface area contributed by atoms with Crippen LogP contribution in [0.3, 0.4) is 0 Å². The zero-order valence-electron chi connectivity index (χ0n) is 19.7. The predicted molar refractivity (Wildman–Crippen MR) is 143 cm³/mol. The van der Waals surface area contributed by atoms with Gasteiger partial charge in [0.25, 0.3) is 0 Å². The summed E-state index contributed by atoms with van der Waals surface area (Å²) in [4.78, 5) is 0. The summed E-state index contributed by atoms with van der Waals surface area (Å²) in [6.07, 6.45) is 0. The lowest BCUT2D eigenvalue weighted by Crippen LogP contribution is -2.38. The molecule has 0 aliphatic carbocycles. The van der Waals surface area contributed by atoms with E-state index in [1.165, 1.54) is 0 Å². The maximum absolute atomic E-state index is 7.25. The topological polar surface area (TPSA) is 249 Å². The van der Waals surface area contributed by atoms with Crippen LogP contribution in [-0.2, 0) is 0 Å². The van der Waals surface area contributed by atoms with E-state index in [0.717, 1.165) is 0 Å². The highest BCUT2D eigenvalue weighted by Crippen LogP contribution is 2.16. The lowest BCUT2D eigenvalue weighted by Gasteiger charge is -2.20. The Kier molecular flexibility index (Phi) is 21.9. The summed E-state index contributed by atoms with van der Waals surface area (Å²) in [5, 5.41) is 44.6. The predicted octanol–water partition coefficient (Wildman–Crippen LogP) is 3.42. The number of nitrogens with one attached hydrogen (secondary N) is 4. The van der Waals surface area contributed by atoms with Crippen molar-refractivity contribution in [2.45, 2.75) is 77.5 Å². The van der Waals surface area contributed by atoms with Gasteiger partial charge in [0.2, 0.25) is 0 Å². The second-order valence-corrected chi connectivity index (χ2v) is 8.29. The molecule has 0 bridgehead atoms. The number of halogens is 4. The van der Waals surface area contributed by atoms with E-state index in [1.807, 2.05) is 0 Å². The molecule has 0 aliphatic rings. The van der Waals surface area contributed by atoms with Crippen LogP contribution in [0.5, 0.6) is 0 Å². The molecule has 0 aromatic heterocycles. The third-order valence-electron chi connectivity index (χ3n) is 3.74. The molecule has 0 aromatic carbocycles. The largest absolute Gasteiger partial charge is 0.386 e. The molecule has 0 heterocycles. The first-order chi connectivity index (χ1) is 12.2. The van der Waals surface area contributed by atoms with Gasteiger partial charge in [-0.25, -0.2) is 0 Å². The highest BCUT2D eigenvalue weighted by molar-refractivity contribution is 5.88. The van der Waals surface area contributed by atoms with Crippen LogP contribution in [0.2, 0.25) is 0 Å². The van der Waals surface area contributed by atoms with Crippen LogP contribution in [0.4, 0.5) is 0 Å². The molecule has 0 radical (unpaired) electrons. The van der Waals surface area contributed by atoms with E-state index < -0.39 is 22.2 Å². The third kappa shape index (κ3) is 16.0. The zero-order chi connectivity index (χ0) is 23.1. The first-order valence-corrected chi connectivity index (χ1v) is 8.45. The quantitative estimate of drug-likeness (QED) is 0.130. The van der Waals surface area contributed by atoms with Gasteiger partial charge in [-0.3, -0.25) is 21.6 Å². The fraction of sp³-hybridized carbons (Fsp3) is 0.750. The Bertz CT molecular complexity index is 571. The van der Waals surface area contributed by atoms with Crippen molar-refractivity contribution in [3.05, 3.63) is 0 Å². The standard InChI is InChI=1S/2C8H18N6.4ClH/c2*1-7(2,5(9)10)13-14-8(3,4)6(11)12;;;;/h2*1-4H3,(H3,9,10)(H3,11,12);4*1H. The normalized spacial score (nSPS) is 11.5. The van der Waals surface area contributed by atoms with Gasteiger partial charge in [0.05, 0.1) is 0 Å². The highest BCUT2D eigenvalue weighted by Gasteiger charge is 2.26. The van der Waals surface area contributed by atoms with Crippen LogP contribution in [0.25, 0.3) is 0 Å². The van der Waals surface area contributed by atoms with Crippen molar-refractivity contribution < 1.29 is 0 Å². The maximum atomic E-state index is 7.25. The molecule has 32 heavy (non-hydrogen) atoms. The molecule has 0 aliphatic heterocycles. The number of azo groups is 2. The van der Waals surface area contributed by atoms with E-state index in [-0.39, 0.29) is 73.0 Å². The summed E-state index contributed by atoms with van der Waals surface area (Å²) in [5.41, 5.74) is 17.9. The molecule has 0 saturated carbocycles. The van der Waals surface area contributed by atoms with E-state index in [2.05, 4.69) is 20.5 Å². The number of nitrogens with zero attached hydrogens (tertiary/aromatic N) is 4. The fourth-order valence-corrected chi connectivity index (χ4v) is 0.715. The van der Waals surface area contributed by atoms with Crippen molar-refractivity contribution in [2.75, 3.05) is 0 Å². The van der Waals surface area contributed by atoms with Crippen LogP contribution in [-0.4, -0.2) is 45.5 Å². The molecule has 0 atom stereocenters. The summed E-state index contributed by atoms with van der Waals surface area (Å²) in [6.45, 7) is 13.4. The third-order valence-corrected chi connectivity index (χ3v) is 3.74. The van der Waals surface area contributed by atoms with Gasteiger partial charge in [0.15, 0.2) is 0 Å². The number of amidine groups is 4. The SMILES string of the molecule is CC(C)(N=NC(C)(C)C(=N)N)C(=N)N.CC(C)(N=NC(C)(C)C(=N)N)C(=N)N.Cl.Cl.Cl.Cl. The van der Waals surface area contributed by atoms with Crippen LogP contribution in [0.15, 0.2) is 20.5 Å². The van der Waals surface area contributed by atoms with Crippen molar-refractivity contribution in [3.63, 3.8) is 0 Å². The van der Waals surface area contributed by atoms with E-state index in [1.54, 1.807) is 55.4 Å². The summed E-state index contributed by atoms with van der Waals surface area (Å²) in [6, 6.07) is 0. The van der Waals surface area contributed by atoms with E-state index in [9.17, 15) is 0 Å². The number of hydrogen-bond donors (Lipinski definition) is 8. The van der Waals surface area contributed by atoms with Crippen LogP contribution in [0, 0.1) is 21.6 Å². The molecule has 0 aromatic rings. The number of nitrogens with two attached hydrogens (primary N) is 4. The Morgan fingerprint density at radius 1 is 0.406 bits per heavy atom. The minimum absolute atomic E-state index is 0. The van der Waals surface area contributed by atoms with E-state index in [4.69, 9.17) is 44.6 Å². The first kappa shape index (κ1) is 44.0. The summed E-state index contributed by atoms with van der Waals surface area (Å²) >= 11 is 0. The molecule has 16 heteroatoms. The van der Waals surface area contributed by atoms with Gasteiger partial charge in [-0.2, -0.15) is 20.5 Å². The maximum Gasteiger partial charge on any atom is 0.132 e. The second kappa shape index (κ2) is 15.9. The lowest BCUT2D eigenvalue weighted by molar-refractivity contribution is 0.557. The van der Waals surface area contributed by atoms with Crippen molar-refractivity contribution in [3.8, 4) is 0 Å². The summed E-state index contributed by atoms with van der Waals surface area (Å²) < 4.78 is 0. The molecule has 192 valence electrons. The smallest absolute Gasteiger partial charge is 0.132 e. The van der Waals surface area contributed by atoms with Gasteiger partial charge in [0, 0.05) is 0 Å². The second-order valence-electron chi connectivity index (χ2n) is 8.29. The van der Waals surface area contributed by atoms with Gasteiger partial charge in [-0.15, -0.1) is 49.6 Å². The monoisotopic (exact) mass is 540 g/mol. The van der Waals surface area contributed by atoms with Crippen molar-refractivity contribution in [1.82, 2.24) is 0 Å². The van der Waals surface area contributed by atoms with Gasteiger partial charge < -0.3 is 22.9 Å². The Morgan fingerprint density at radius 3 is 0.562 bits per heavy atom. The summed E-state index contributed by atoms with van der Waals surface area (Å²) in [7, 11) is 0. The molecule has 12 N–H and O–H groups in total. The van der Waals surface area contributed by atoms with Crippen molar-refractivity contribution >= 4 is 73.0 Å². The zero-order valence-corrected chi connectivity index (χ0v) is 23.0. The number of hydrogen-bond acceptors (Lipinski definition) is 8. The van der Waals surface area contributed by atoms with E-state index in [0.29, 0.717) is 0 Å². The molecule has 0 saturated heterocycles. The molecular formula is C16H40Cl4N12. The highest BCUT2D eigenvalue weighted by atomic mass is 35.5. The Labute approximate surface area is 215 Å².